The number of amides is 3. The second kappa shape index (κ2) is 17.2. The Morgan fingerprint density at radius 1 is 0.861 bits per heavy atom. The first-order chi connectivity index (χ1) is 17.1. The Morgan fingerprint density at radius 2 is 1.44 bits per heavy atom. The average Bonchev–Trinajstić information content (AvgIpc) is 2.81. The quantitative estimate of drug-likeness (QED) is 0.129. The van der Waals surface area contributed by atoms with Crippen molar-refractivity contribution in [3.05, 3.63) is 0 Å². The van der Waals surface area contributed by atoms with Gasteiger partial charge in [-0.15, -0.1) is 0 Å². The number of aliphatic hydroxyl groups is 3. The smallest absolute Gasteiger partial charge is 0.326 e. The molecule has 0 aromatic rings. The zero-order valence-electron chi connectivity index (χ0n) is 21.3. The Kier molecular flexibility index (Phi) is 15.2. The van der Waals surface area contributed by atoms with Crippen LogP contribution in [-0.4, -0.2) is 87.3 Å². The molecular weight excluding hydrogens is 474 g/mol. The van der Waals surface area contributed by atoms with Gasteiger partial charge in [-0.25, -0.2) is 4.79 Å². The van der Waals surface area contributed by atoms with Gasteiger partial charge in [0, 0.05) is 13.3 Å². The minimum absolute atomic E-state index is 0.153. The SMILES string of the molecule is CCCCCCCCCCCC(=O)N[C@@H](CC(=O)N[C@@H]1O[C@H](CO)[C@@H](O)[C@H](O)[C@H]1NC(C)=O)C(=O)O. The highest BCUT2D eigenvalue weighted by molar-refractivity contribution is 5.88. The maximum atomic E-state index is 12.5. The van der Waals surface area contributed by atoms with E-state index in [0.29, 0.717) is 6.42 Å². The number of unbranched alkanes of at least 4 members (excludes halogenated alkanes) is 8. The molecule has 6 atom stereocenters. The van der Waals surface area contributed by atoms with Crippen LogP contribution in [0.15, 0.2) is 0 Å². The number of ether oxygens (including phenoxy) is 1. The molecule has 208 valence electrons. The maximum absolute atomic E-state index is 12.5. The molecular formula is C24H43N3O9. The van der Waals surface area contributed by atoms with Gasteiger partial charge in [0.1, 0.15) is 30.4 Å². The van der Waals surface area contributed by atoms with E-state index in [2.05, 4.69) is 22.9 Å². The van der Waals surface area contributed by atoms with Crippen LogP contribution in [0.1, 0.15) is 84.5 Å². The third-order valence-corrected chi connectivity index (χ3v) is 6.13. The normalized spacial score (nSPS) is 24.5. The summed E-state index contributed by atoms with van der Waals surface area (Å²) in [6.45, 7) is 2.68. The van der Waals surface area contributed by atoms with Crippen molar-refractivity contribution in [2.75, 3.05) is 6.61 Å². The molecule has 0 spiro atoms. The van der Waals surface area contributed by atoms with Crippen molar-refractivity contribution in [3.8, 4) is 0 Å². The molecule has 3 amide bonds. The van der Waals surface area contributed by atoms with E-state index in [-0.39, 0.29) is 6.42 Å². The summed E-state index contributed by atoms with van der Waals surface area (Å²) in [5, 5.41) is 46.2. The maximum Gasteiger partial charge on any atom is 0.326 e. The Labute approximate surface area is 212 Å². The number of nitrogens with one attached hydrogen (secondary N) is 3. The van der Waals surface area contributed by atoms with E-state index in [4.69, 9.17) is 4.74 Å². The molecule has 0 aliphatic carbocycles. The predicted octanol–water partition coefficient (Wildman–Crippen LogP) is -0.0733. The zero-order chi connectivity index (χ0) is 27.1. The fraction of sp³-hybridized carbons (Fsp3) is 0.833. The van der Waals surface area contributed by atoms with E-state index in [0.717, 1.165) is 19.3 Å². The third kappa shape index (κ3) is 11.6. The highest BCUT2D eigenvalue weighted by atomic mass is 16.5. The zero-order valence-corrected chi connectivity index (χ0v) is 21.3. The lowest BCUT2D eigenvalue weighted by atomic mass is 9.95. The van der Waals surface area contributed by atoms with Gasteiger partial charge < -0.3 is 41.1 Å². The molecule has 36 heavy (non-hydrogen) atoms. The lowest BCUT2D eigenvalue weighted by Gasteiger charge is -2.42. The van der Waals surface area contributed by atoms with Crippen molar-refractivity contribution in [2.24, 2.45) is 0 Å². The molecule has 1 saturated heterocycles. The van der Waals surface area contributed by atoms with Crippen LogP contribution in [0.25, 0.3) is 0 Å². The molecule has 12 nitrogen and oxygen atoms in total. The number of carboxylic acid groups (broad SMARTS) is 1. The number of hydrogen-bond acceptors (Lipinski definition) is 8. The van der Waals surface area contributed by atoms with Gasteiger partial charge >= 0.3 is 5.97 Å². The Bertz CT molecular complexity index is 706. The fourth-order valence-electron chi connectivity index (χ4n) is 4.10. The lowest BCUT2D eigenvalue weighted by Crippen LogP contribution is -2.68. The van der Waals surface area contributed by atoms with Crippen LogP contribution in [-0.2, 0) is 23.9 Å². The molecule has 7 N–H and O–H groups in total. The summed E-state index contributed by atoms with van der Waals surface area (Å²) in [5.41, 5.74) is 0. The molecule has 0 radical (unpaired) electrons. The molecule has 1 heterocycles. The van der Waals surface area contributed by atoms with Crippen molar-refractivity contribution in [1.29, 1.82) is 0 Å². The number of rotatable bonds is 17. The van der Waals surface area contributed by atoms with E-state index in [1.54, 1.807) is 0 Å². The van der Waals surface area contributed by atoms with Gasteiger partial charge in [0.25, 0.3) is 0 Å². The van der Waals surface area contributed by atoms with Crippen LogP contribution in [0.2, 0.25) is 0 Å². The molecule has 12 heteroatoms. The average molecular weight is 518 g/mol. The van der Waals surface area contributed by atoms with Crippen LogP contribution in [0, 0.1) is 0 Å². The molecule has 1 fully saturated rings. The second-order valence-corrected chi connectivity index (χ2v) is 9.29. The van der Waals surface area contributed by atoms with Crippen molar-refractivity contribution in [2.45, 2.75) is 121 Å². The first-order valence-corrected chi connectivity index (χ1v) is 12.8. The van der Waals surface area contributed by atoms with E-state index in [1.165, 1.54) is 39.0 Å². The van der Waals surface area contributed by atoms with Crippen molar-refractivity contribution < 1.29 is 44.3 Å². The summed E-state index contributed by atoms with van der Waals surface area (Å²) in [6, 6.07) is -2.73. The number of hydrogen-bond donors (Lipinski definition) is 7. The molecule has 0 aromatic heterocycles. The van der Waals surface area contributed by atoms with Gasteiger partial charge in [-0.3, -0.25) is 14.4 Å². The number of carboxylic acids is 1. The van der Waals surface area contributed by atoms with E-state index < -0.39 is 73.3 Å². The van der Waals surface area contributed by atoms with Gasteiger partial charge in [0.05, 0.1) is 13.0 Å². The van der Waals surface area contributed by atoms with Crippen LogP contribution in [0.4, 0.5) is 0 Å². The van der Waals surface area contributed by atoms with E-state index in [1.807, 2.05) is 0 Å². The number of aliphatic hydroxyl groups excluding tert-OH is 3. The lowest BCUT2D eigenvalue weighted by molar-refractivity contribution is -0.203. The summed E-state index contributed by atoms with van der Waals surface area (Å²) in [6.07, 6.45) is 3.57. The van der Waals surface area contributed by atoms with Gasteiger partial charge in [-0.1, -0.05) is 58.3 Å². The Balaban J connectivity index is 2.52. The number of carbonyl (C=O) groups excluding carboxylic acids is 3. The summed E-state index contributed by atoms with van der Waals surface area (Å²) in [7, 11) is 0. The highest BCUT2D eigenvalue weighted by Crippen LogP contribution is 2.20. The molecule has 0 bridgehead atoms. The topological polar surface area (TPSA) is 195 Å². The number of aliphatic carboxylic acids is 1. The summed E-state index contributed by atoms with van der Waals surface area (Å²) < 4.78 is 5.40. The third-order valence-electron chi connectivity index (χ3n) is 6.13. The molecule has 1 aliphatic heterocycles. The largest absolute Gasteiger partial charge is 0.480 e. The number of carbonyl (C=O) groups is 4. The minimum Gasteiger partial charge on any atom is -0.480 e. The fourth-order valence-corrected chi connectivity index (χ4v) is 4.10. The van der Waals surface area contributed by atoms with Crippen LogP contribution in [0.3, 0.4) is 0 Å². The van der Waals surface area contributed by atoms with E-state index in [9.17, 15) is 39.6 Å². The Morgan fingerprint density at radius 3 is 1.97 bits per heavy atom. The first kappa shape index (κ1) is 31.7. The molecule has 0 aromatic carbocycles. The van der Waals surface area contributed by atoms with Crippen LogP contribution < -0.4 is 16.0 Å². The van der Waals surface area contributed by atoms with Gasteiger partial charge in [0.15, 0.2) is 6.23 Å². The van der Waals surface area contributed by atoms with Gasteiger partial charge in [0.2, 0.25) is 17.7 Å². The van der Waals surface area contributed by atoms with Crippen molar-refractivity contribution in [1.82, 2.24) is 16.0 Å². The second-order valence-electron chi connectivity index (χ2n) is 9.29. The Hall–Kier alpha value is -2.28. The minimum atomic E-state index is -1.56. The molecule has 1 aliphatic rings. The van der Waals surface area contributed by atoms with Gasteiger partial charge in [-0.2, -0.15) is 0 Å². The summed E-state index contributed by atoms with van der Waals surface area (Å²) >= 11 is 0. The molecule has 0 saturated carbocycles. The molecule has 0 unspecified atom stereocenters. The highest BCUT2D eigenvalue weighted by Gasteiger charge is 2.45. The first-order valence-electron chi connectivity index (χ1n) is 12.8. The summed E-state index contributed by atoms with van der Waals surface area (Å²) in [5.74, 6) is -3.26. The monoisotopic (exact) mass is 517 g/mol. The van der Waals surface area contributed by atoms with Crippen LogP contribution >= 0.6 is 0 Å². The standard InChI is InChI=1S/C24H43N3O9/c1-3-4-5-6-7-8-9-10-11-12-18(30)26-16(24(34)35)13-19(31)27-23-20(25-15(2)29)22(33)21(32)17(14-28)36-23/h16-17,20-23,28,32-33H,3-14H2,1-2H3,(H,25,29)(H,26,30)(H,27,31)(H,34,35)/t16-,17+,20+,21+,22+,23+/m0/s1. The van der Waals surface area contributed by atoms with Gasteiger partial charge in [-0.05, 0) is 6.42 Å². The van der Waals surface area contributed by atoms with E-state index >= 15 is 0 Å². The predicted molar refractivity (Wildman–Crippen MR) is 130 cm³/mol. The van der Waals surface area contributed by atoms with Crippen molar-refractivity contribution in [3.63, 3.8) is 0 Å². The van der Waals surface area contributed by atoms with Crippen molar-refractivity contribution >= 4 is 23.7 Å². The molecule has 1 rings (SSSR count). The summed E-state index contributed by atoms with van der Waals surface area (Å²) in [4.78, 5) is 47.8. The van der Waals surface area contributed by atoms with Crippen LogP contribution in [0.5, 0.6) is 0 Å².